The number of benzene rings is 1. The van der Waals surface area contributed by atoms with E-state index in [9.17, 15) is 0 Å². The van der Waals surface area contributed by atoms with Crippen molar-refractivity contribution >= 4 is 30.9 Å². The van der Waals surface area contributed by atoms with Crippen LogP contribution in [0, 0.1) is 0 Å². The molecule has 2 heterocycles. The number of methoxy groups -OCH3 is 1. The predicted molar refractivity (Wildman–Crippen MR) is 117 cm³/mol. The molecule has 0 radical (unpaired) electrons. The van der Waals surface area contributed by atoms with Gasteiger partial charge in [0.05, 0.1) is 25.3 Å². The summed E-state index contributed by atoms with van der Waals surface area (Å²) in [5.41, 5.74) is 0.815. The van der Waals surface area contributed by atoms with Crippen molar-refractivity contribution in [1.82, 2.24) is 19.7 Å². The minimum atomic E-state index is -1.01. The summed E-state index contributed by atoms with van der Waals surface area (Å²) in [5.74, 6) is 2.07. The minimum Gasteiger partial charge on any atom is -0.488 e. The number of hydrogen-bond donors (Lipinski definition) is 1. The third kappa shape index (κ3) is 6.09. The molecule has 162 valence electrons. The monoisotopic (exact) mass is 433 g/mol. The molecule has 3 rings (SSSR count). The SMILES string of the molecule is CCOP(Cn1ccc(Nc2ncnc3ccc(O[C@@H](C)COC)cc23)n1)OCC. The molecule has 0 unspecified atom stereocenters. The van der Waals surface area contributed by atoms with Crippen LogP contribution in [0.15, 0.2) is 36.8 Å². The summed E-state index contributed by atoms with van der Waals surface area (Å²) in [6.07, 6.45) is 3.92. The van der Waals surface area contributed by atoms with E-state index in [0.717, 1.165) is 16.7 Å². The average Bonchev–Trinajstić information content (AvgIpc) is 3.16. The molecule has 1 atom stereocenters. The van der Waals surface area contributed by atoms with Crippen molar-refractivity contribution in [2.24, 2.45) is 0 Å². The smallest absolute Gasteiger partial charge is 0.193 e. The number of fused-ring (bicyclic) bond motifs is 1. The molecule has 0 spiro atoms. The van der Waals surface area contributed by atoms with Crippen molar-refractivity contribution in [2.45, 2.75) is 33.2 Å². The molecule has 0 aliphatic heterocycles. The number of ether oxygens (including phenoxy) is 2. The van der Waals surface area contributed by atoms with Crippen LogP contribution in [0.25, 0.3) is 10.9 Å². The highest BCUT2D eigenvalue weighted by molar-refractivity contribution is 7.46. The van der Waals surface area contributed by atoms with Crippen LogP contribution in [-0.2, 0) is 20.1 Å². The lowest BCUT2D eigenvalue weighted by atomic mass is 10.2. The zero-order chi connectivity index (χ0) is 21.3. The highest BCUT2D eigenvalue weighted by Crippen LogP contribution is 2.39. The second-order valence-corrected chi connectivity index (χ2v) is 7.92. The van der Waals surface area contributed by atoms with Gasteiger partial charge >= 0.3 is 0 Å². The van der Waals surface area contributed by atoms with Crippen molar-refractivity contribution < 1.29 is 18.5 Å². The molecule has 0 fully saturated rings. The lowest BCUT2D eigenvalue weighted by molar-refractivity contribution is 0.0922. The van der Waals surface area contributed by atoms with Gasteiger partial charge in [0.15, 0.2) is 14.2 Å². The molecular weight excluding hydrogens is 405 g/mol. The van der Waals surface area contributed by atoms with E-state index in [2.05, 4.69) is 20.4 Å². The molecule has 2 aromatic heterocycles. The van der Waals surface area contributed by atoms with Gasteiger partial charge in [0.2, 0.25) is 0 Å². The third-order valence-electron chi connectivity index (χ3n) is 4.04. The second-order valence-electron chi connectivity index (χ2n) is 6.46. The summed E-state index contributed by atoms with van der Waals surface area (Å²) >= 11 is 0. The summed E-state index contributed by atoms with van der Waals surface area (Å²) in [5, 5.41) is 8.69. The molecule has 1 N–H and O–H groups in total. The highest BCUT2D eigenvalue weighted by Gasteiger charge is 2.13. The van der Waals surface area contributed by atoms with Crippen molar-refractivity contribution in [3.63, 3.8) is 0 Å². The fourth-order valence-electron chi connectivity index (χ4n) is 2.86. The number of hydrogen-bond acceptors (Lipinski definition) is 8. The highest BCUT2D eigenvalue weighted by atomic mass is 31.2. The van der Waals surface area contributed by atoms with Crippen LogP contribution in [0.4, 0.5) is 11.6 Å². The Hall–Kier alpha value is -2.32. The maximum absolute atomic E-state index is 5.91. The van der Waals surface area contributed by atoms with E-state index >= 15 is 0 Å². The normalized spacial score (nSPS) is 12.4. The number of nitrogens with zero attached hydrogens (tertiary/aromatic N) is 4. The number of rotatable bonds is 12. The quantitative estimate of drug-likeness (QED) is 0.422. The summed E-state index contributed by atoms with van der Waals surface area (Å²) in [6, 6.07) is 7.61. The van der Waals surface area contributed by atoms with Gasteiger partial charge < -0.3 is 23.8 Å². The third-order valence-corrected chi connectivity index (χ3v) is 5.65. The molecule has 0 bridgehead atoms. The molecule has 0 saturated heterocycles. The number of anilines is 2. The summed E-state index contributed by atoms with van der Waals surface area (Å²) in [4.78, 5) is 8.73. The van der Waals surface area contributed by atoms with Crippen molar-refractivity contribution in [3.05, 3.63) is 36.8 Å². The lowest BCUT2D eigenvalue weighted by Crippen LogP contribution is -2.17. The van der Waals surface area contributed by atoms with E-state index in [1.54, 1.807) is 7.11 Å². The number of nitrogens with one attached hydrogen (secondary N) is 1. The van der Waals surface area contributed by atoms with Crippen molar-refractivity contribution in [2.75, 3.05) is 32.2 Å². The second kappa shape index (κ2) is 11.2. The van der Waals surface area contributed by atoms with E-state index in [4.69, 9.17) is 18.5 Å². The van der Waals surface area contributed by atoms with Crippen LogP contribution < -0.4 is 10.1 Å². The van der Waals surface area contributed by atoms with Crippen LogP contribution in [0.1, 0.15) is 20.8 Å². The van der Waals surface area contributed by atoms with Crippen LogP contribution in [-0.4, -0.2) is 52.8 Å². The topological polar surface area (TPSA) is 92.6 Å². The van der Waals surface area contributed by atoms with Crippen molar-refractivity contribution in [3.8, 4) is 5.75 Å². The Morgan fingerprint density at radius 2 is 1.93 bits per heavy atom. The van der Waals surface area contributed by atoms with Gasteiger partial charge in [-0.2, -0.15) is 5.10 Å². The van der Waals surface area contributed by atoms with E-state index in [1.807, 2.05) is 55.9 Å². The van der Waals surface area contributed by atoms with E-state index in [-0.39, 0.29) is 6.10 Å². The fraction of sp³-hybridized carbons (Fsp3) is 0.450. The maximum Gasteiger partial charge on any atom is 0.193 e. The van der Waals surface area contributed by atoms with Crippen LogP contribution in [0.5, 0.6) is 5.75 Å². The first-order valence-electron chi connectivity index (χ1n) is 9.87. The van der Waals surface area contributed by atoms with Gasteiger partial charge in [-0.3, -0.25) is 4.68 Å². The summed E-state index contributed by atoms with van der Waals surface area (Å²) < 4.78 is 24.2. The van der Waals surface area contributed by atoms with E-state index in [0.29, 0.717) is 37.7 Å². The van der Waals surface area contributed by atoms with Gasteiger partial charge in [-0.1, -0.05) is 0 Å². The van der Waals surface area contributed by atoms with Gasteiger partial charge in [0.25, 0.3) is 0 Å². The van der Waals surface area contributed by atoms with E-state index < -0.39 is 8.38 Å². The molecule has 9 nitrogen and oxygen atoms in total. The first-order valence-corrected chi connectivity index (χ1v) is 11.2. The Bertz CT molecular complexity index is 932. The Kier molecular flexibility index (Phi) is 8.33. The van der Waals surface area contributed by atoms with Crippen molar-refractivity contribution in [1.29, 1.82) is 0 Å². The molecular formula is C20H28N5O4P. The minimum absolute atomic E-state index is 0.0604. The van der Waals surface area contributed by atoms with Gasteiger partial charge in [0, 0.05) is 24.8 Å². The molecule has 0 aliphatic carbocycles. The zero-order valence-corrected chi connectivity index (χ0v) is 18.6. The Morgan fingerprint density at radius 3 is 2.67 bits per heavy atom. The first kappa shape index (κ1) is 22.4. The standard InChI is InChI=1S/C20H28N5O4P/c1-5-27-30(28-6-2)14-25-10-9-19(24-25)23-20-17-11-16(29-15(3)12-26-4)7-8-18(17)21-13-22-20/h7-11,13,15H,5-6,12,14H2,1-4H3,(H,21,22,23,24)/t15-/m0/s1. The lowest BCUT2D eigenvalue weighted by Gasteiger charge is -2.15. The van der Waals surface area contributed by atoms with E-state index in [1.165, 1.54) is 6.33 Å². The van der Waals surface area contributed by atoms with Gasteiger partial charge in [-0.25, -0.2) is 9.97 Å². The Morgan fingerprint density at radius 1 is 1.13 bits per heavy atom. The molecule has 0 saturated carbocycles. The molecule has 1 aromatic carbocycles. The Balaban J connectivity index is 1.76. The average molecular weight is 433 g/mol. The summed E-state index contributed by atoms with van der Waals surface area (Å²) in [6.45, 7) is 7.60. The maximum atomic E-state index is 5.91. The molecule has 0 aliphatic rings. The van der Waals surface area contributed by atoms with Crippen LogP contribution >= 0.6 is 8.38 Å². The zero-order valence-electron chi connectivity index (χ0n) is 17.7. The molecule has 30 heavy (non-hydrogen) atoms. The Labute approximate surface area is 177 Å². The predicted octanol–water partition coefficient (Wildman–Crippen LogP) is 4.33. The van der Waals surface area contributed by atoms with Crippen LogP contribution in [0.2, 0.25) is 0 Å². The first-order chi connectivity index (χ1) is 14.6. The number of aromatic nitrogens is 4. The fourth-order valence-corrected chi connectivity index (χ4v) is 4.07. The van der Waals surface area contributed by atoms with Gasteiger partial charge in [-0.05, 0) is 39.0 Å². The molecule has 3 aromatic rings. The largest absolute Gasteiger partial charge is 0.488 e. The summed E-state index contributed by atoms with van der Waals surface area (Å²) in [7, 11) is 0.647. The van der Waals surface area contributed by atoms with Crippen LogP contribution in [0.3, 0.4) is 0 Å². The molecule has 0 amide bonds. The van der Waals surface area contributed by atoms with Gasteiger partial charge in [0.1, 0.15) is 30.3 Å². The van der Waals surface area contributed by atoms with Gasteiger partial charge in [-0.15, -0.1) is 0 Å². The molecule has 10 heteroatoms.